The minimum atomic E-state index is 0.0962. The molecule has 5 rings (SSSR count). The van der Waals surface area contributed by atoms with E-state index >= 15 is 0 Å². The molecule has 0 bridgehead atoms. The molecule has 7 nitrogen and oxygen atoms in total. The molecule has 1 aromatic carbocycles. The molecule has 1 saturated heterocycles. The van der Waals surface area contributed by atoms with Crippen molar-refractivity contribution in [3.63, 3.8) is 0 Å². The van der Waals surface area contributed by atoms with Gasteiger partial charge in [0.15, 0.2) is 11.6 Å². The Morgan fingerprint density at radius 1 is 1.17 bits per heavy atom. The van der Waals surface area contributed by atoms with Gasteiger partial charge in [-0.3, -0.25) is 4.90 Å². The Morgan fingerprint density at radius 3 is 2.93 bits per heavy atom. The third kappa shape index (κ3) is 3.75. The zero-order chi connectivity index (χ0) is 20.4. The summed E-state index contributed by atoms with van der Waals surface area (Å²) in [6.45, 7) is 3.31. The molecule has 2 aromatic heterocycles. The van der Waals surface area contributed by atoms with E-state index in [1.807, 2.05) is 24.4 Å². The number of likely N-dealkylation sites (tertiary alicyclic amines) is 1. The summed E-state index contributed by atoms with van der Waals surface area (Å²) in [6.07, 6.45) is 7.23. The van der Waals surface area contributed by atoms with Gasteiger partial charge >= 0.3 is 0 Å². The molecule has 3 aromatic rings. The highest BCUT2D eigenvalue weighted by Crippen LogP contribution is 2.44. The van der Waals surface area contributed by atoms with Crippen molar-refractivity contribution >= 4 is 0 Å². The number of piperidine rings is 1. The summed E-state index contributed by atoms with van der Waals surface area (Å²) in [5.41, 5.74) is 3.71. The van der Waals surface area contributed by atoms with Gasteiger partial charge in [0.1, 0.15) is 0 Å². The Kier molecular flexibility index (Phi) is 5.31. The fourth-order valence-corrected chi connectivity index (χ4v) is 4.87. The molecule has 0 radical (unpaired) electrons. The zero-order valence-corrected chi connectivity index (χ0v) is 17.4. The minimum Gasteiger partial charge on any atom is -0.384 e. The van der Waals surface area contributed by atoms with E-state index in [0.29, 0.717) is 31.3 Å². The molecule has 1 atom stereocenters. The first-order valence-electron chi connectivity index (χ1n) is 10.7. The Labute approximate surface area is 176 Å². The highest BCUT2D eigenvalue weighted by molar-refractivity contribution is 5.55. The van der Waals surface area contributed by atoms with Gasteiger partial charge in [-0.15, -0.1) is 0 Å². The summed E-state index contributed by atoms with van der Waals surface area (Å²) in [7, 11) is 1.68. The van der Waals surface area contributed by atoms with Crippen molar-refractivity contribution in [1.29, 1.82) is 0 Å². The number of fused-ring (bicyclic) bond motifs is 2. The fraction of sp³-hybridized carbons (Fsp3) is 0.478. The smallest absolute Gasteiger partial charge is 0.240 e. The van der Waals surface area contributed by atoms with Crippen molar-refractivity contribution in [2.24, 2.45) is 0 Å². The number of hydrogen-bond donors (Lipinski definition) is 0. The van der Waals surface area contributed by atoms with Crippen LogP contribution < -0.4 is 0 Å². The second-order valence-corrected chi connectivity index (χ2v) is 8.38. The lowest BCUT2D eigenvalue weighted by Crippen LogP contribution is -2.45. The van der Waals surface area contributed by atoms with E-state index in [1.165, 1.54) is 17.7 Å². The van der Waals surface area contributed by atoms with Crippen molar-refractivity contribution in [3.05, 3.63) is 59.5 Å². The largest absolute Gasteiger partial charge is 0.384 e. The first-order chi connectivity index (χ1) is 14.8. The molecule has 0 saturated carbocycles. The first-order valence-corrected chi connectivity index (χ1v) is 10.7. The highest BCUT2D eigenvalue weighted by Gasteiger charge is 2.44. The Hall–Kier alpha value is -2.64. The van der Waals surface area contributed by atoms with Crippen LogP contribution in [0.25, 0.3) is 11.4 Å². The van der Waals surface area contributed by atoms with E-state index in [9.17, 15) is 0 Å². The van der Waals surface area contributed by atoms with Crippen LogP contribution in [0.4, 0.5) is 0 Å². The van der Waals surface area contributed by atoms with E-state index in [4.69, 9.17) is 14.2 Å². The van der Waals surface area contributed by atoms with Gasteiger partial charge in [-0.2, -0.15) is 4.98 Å². The van der Waals surface area contributed by atoms with Gasteiger partial charge in [0.05, 0.1) is 18.8 Å². The van der Waals surface area contributed by atoms with Crippen molar-refractivity contribution in [1.82, 2.24) is 25.0 Å². The Morgan fingerprint density at radius 2 is 2.07 bits per heavy atom. The lowest BCUT2D eigenvalue weighted by atomic mass is 9.77. The second-order valence-electron chi connectivity index (χ2n) is 8.38. The van der Waals surface area contributed by atoms with E-state index in [2.05, 4.69) is 32.2 Å². The highest BCUT2D eigenvalue weighted by atomic mass is 16.5. The van der Waals surface area contributed by atoms with Gasteiger partial charge < -0.3 is 9.26 Å². The molecule has 1 spiro atoms. The van der Waals surface area contributed by atoms with E-state index < -0.39 is 0 Å². The molecule has 30 heavy (non-hydrogen) atoms. The van der Waals surface area contributed by atoms with E-state index in [-0.39, 0.29) is 5.41 Å². The molecule has 0 N–H and O–H groups in total. The standard InChI is InChI=1S/C23H27N5O2/c1-29-13-9-19-25-20(30-27-19)15-28-12-5-10-23(16-28)11-8-18-14-24-22(26-21(18)23)17-6-3-2-4-7-17/h2-4,6-7,14H,5,8-13,15-16H2,1H3. The van der Waals surface area contributed by atoms with Crippen LogP contribution in [0.2, 0.25) is 0 Å². The van der Waals surface area contributed by atoms with Crippen LogP contribution in [0.1, 0.15) is 42.2 Å². The summed E-state index contributed by atoms with van der Waals surface area (Å²) in [5.74, 6) is 2.22. The summed E-state index contributed by atoms with van der Waals surface area (Å²) >= 11 is 0. The third-order valence-corrected chi connectivity index (χ3v) is 6.33. The first kappa shape index (κ1) is 19.3. The maximum atomic E-state index is 5.48. The lowest BCUT2D eigenvalue weighted by molar-refractivity contribution is 0.123. The molecule has 1 aliphatic heterocycles. The number of hydrogen-bond acceptors (Lipinski definition) is 7. The predicted octanol–water partition coefficient (Wildman–Crippen LogP) is 3.20. The molecule has 3 heterocycles. The van der Waals surface area contributed by atoms with Crippen LogP contribution in [0.3, 0.4) is 0 Å². The SMILES string of the molecule is COCCc1noc(CN2CCCC3(CCc4cnc(-c5ccccc5)nc43)C2)n1. The van der Waals surface area contributed by atoms with Gasteiger partial charge in [0, 0.05) is 37.3 Å². The Bertz CT molecular complexity index is 1000. The van der Waals surface area contributed by atoms with Gasteiger partial charge in [-0.05, 0) is 37.8 Å². The summed E-state index contributed by atoms with van der Waals surface area (Å²) in [4.78, 5) is 16.7. The number of nitrogens with zero attached hydrogens (tertiary/aromatic N) is 5. The topological polar surface area (TPSA) is 77.2 Å². The zero-order valence-electron chi connectivity index (χ0n) is 17.4. The summed E-state index contributed by atoms with van der Waals surface area (Å²) in [6, 6.07) is 10.3. The number of aryl methyl sites for hydroxylation is 1. The van der Waals surface area contributed by atoms with Crippen LogP contribution in [0.15, 0.2) is 41.1 Å². The van der Waals surface area contributed by atoms with Crippen LogP contribution in [0.5, 0.6) is 0 Å². The van der Waals surface area contributed by atoms with E-state index in [1.54, 1.807) is 7.11 Å². The Balaban J connectivity index is 1.35. The normalized spacial score (nSPS) is 21.2. The molecule has 7 heteroatoms. The lowest BCUT2D eigenvalue weighted by Gasteiger charge is -2.40. The maximum Gasteiger partial charge on any atom is 0.240 e. The molecule has 1 fully saturated rings. The average molecular weight is 406 g/mol. The summed E-state index contributed by atoms with van der Waals surface area (Å²) < 4.78 is 10.6. The second kappa shape index (κ2) is 8.24. The van der Waals surface area contributed by atoms with Crippen molar-refractivity contribution < 1.29 is 9.26 Å². The van der Waals surface area contributed by atoms with Crippen LogP contribution in [-0.4, -0.2) is 51.8 Å². The van der Waals surface area contributed by atoms with Gasteiger partial charge in [0.25, 0.3) is 0 Å². The number of aromatic nitrogens is 4. The number of methoxy groups -OCH3 is 1. The number of benzene rings is 1. The average Bonchev–Trinajstić information content (AvgIpc) is 3.37. The van der Waals surface area contributed by atoms with Crippen molar-refractivity contribution in [2.75, 3.05) is 26.8 Å². The molecule has 0 amide bonds. The minimum absolute atomic E-state index is 0.0962. The van der Waals surface area contributed by atoms with Crippen LogP contribution >= 0.6 is 0 Å². The predicted molar refractivity (Wildman–Crippen MR) is 112 cm³/mol. The van der Waals surface area contributed by atoms with Crippen LogP contribution in [0, 0.1) is 0 Å². The quantitative estimate of drug-likeness (QED) is 0.623. The number of ether oxygens (including phenoxy) is 1. The number of rotatable bonds is 6. The third-order valence-electron chi connectivity index (χ3n) is 6.33. The van der Waals surface area contributed by atoms with E-state index in [0.717, 1.165) is 43.7 Å². The molecule has 1 unspecified atom stereocenters. The molecule has 1 aliphatic carbocycles. The van der Waals surface area contributed by atoms with Crippen molar-refractivity contribution in [2.45, 2.75) is 44.1 Å². The van der Waals surface area contributed by atoms with Gasteiger partial charge in [0.2, 0.25) is 5.89 Å². The van der Waals surface area contributed by atoms with Gasteiger partial charge in [-0.1, -0.05) is 35.5 Å². The molecular formula is C23H27N5O2. The fourth-order valence-electron chi connectivity index (χ4n) is 4.87. The van der Waals surface area contributed by atoms with Crippen molar-refractivity contribution in [3.8, 4) is 11.4 Å². The monoisotopic (exact) mass is 405 g/mol. The van der Waals surface area contributed by atoms with Crippen LogP contribution in [-0.2, 0) is 29.5 Å². The molecule has 2 aliphatic rings. The maximum absolute atomic E-state index is 5.48. The molecule has 156 valence electrons. The molecular weight excluding hydrogens is 378 g/mol. The van der Waals surface area contributed by atoms with Gasteiger partial charge in [-0.25, -0.2) is 9.97 Å². The summed E-state index contributed by atoms with van der Waals surface area (Å²) in [5, 5.41) is 4.08.